The first-order chi connectivity index (χ1) is 8.27. The third-order valence-corrected chi connectivity index (χ3v) is 5.40. The van der Waals surface area contributed by atoms with E-state index in [1.807, 2.05) is 0 Å². The Morgan fingerprint density at radius 2 is 1.83 bits per heavy atom. The molecular weight excluding hydrogens is 288 g/mol. The number of halogens is 1. The first kappa shape index (κ1) is 15.6. The first-order valence-corrected chi connectivity index (χ1v) is 7.46. The van der Waals surface area contributed by atoms with Gasteiger partial charge in [-0.2, -0.15) is 0 Å². The second kappa shape index (κ2) is 6.10. The topological polar surface area (TPSA) is 9.23 Å². The van der Waals surface area contributed by atoms with Crippen LogP contribution in [0, 0.1) is 19.3 Å². The van der Waals surface area contributed by atoms with E-state index in [1.165, 1.54) is 16.7 Å². The van der Waals surface area contributed by atoms with E-state index in [0.717, 1.165) is 18.6 Å². The van der Waals surface area contributed by atoms with Crippen molar-refractivity contribution in [3.63, 3.8) is 0 Å². The summed E-state index contributed by atoms with van der Waals surface area (Å²) in [5.74, 6) is 1.06. The maximum atomic E-state index is 5.56. The summed E-state index contributed by atoms with van der Waals surface area (Å²) in [6.07, 6.45) is 2.18. The average molecular weight is 313 g/mol. The summed E-state index contributed by atoms with van der Waals surface area (Å²) in [6, 6.07) is 4.39. The fourth-order valence-electron chi connectivity index (χ4n) is 2.04. The molecule has 0 bridgehead atoms. The van der Waals surface area contributed by atoms with Crippen LogP contribution in [-0.4, -0.2) is 11.9 Å². The van der Waals surface area contributed by atoms with Crippen LogP contribution in [0.4, 0.5) is 0 Å². The van der Waals surface area contributed by atoms with E-state index in [2.05, 4.69) is 62.7 Å². The minimum Gasteiger partial charge on any atom is -0.496 e. The van der Waals surface area contributed by atoms with Crippen LogP contribution in [0.5, 0.6) is 5.75 Å². The van der Waals surface area contributed by atoms with Crippen LogP contribution in [0.1, 0.15) is 43.9 Å². The number of methoxy groups -OCH3 is 1. The highest BCUT2D eigenvalue weighted by atomic mass is 79.9. The molecule has 1 rings (SSSR count). The third kappa shape index (κ3) is 3.74. The van der Waals surface area contributed by atoms with E-state index in [0.29, 0.717) is 10.2 Å². The molecule has 2 heteroatoms. The number of alkyl halides is 1. The van der Waals surface area contributed by atoms with Crippen LogP contribution in [0.15, 0.2) is 12.1 Å². The highest BCUT2D eigenvalue weighted by Gasteiger charge is 2.22. The number of benzene rings is 1. The van der Waals surface area contributed by atoms with E-state index >= 15 is 0 Å². The van der Waals surface area contributed by atoms with Gasteiger partial charge >= 0.3 is 0 Å². The molecule has 1 nitrogen and oxygen atoms in total. The van der Waals surface area contributed by atoms with Gasteiger partial charge in [-0.15, -0.1) is 0 Å². The Labute approximate surface area is 120 Å². The van der Waals surface area contributed by atoms with Gasteiger partial charge in [0.15, 0.2) is 0 Å². The maximum Gasteiger partial charge on any atom is 0.125 e. The van der Waals surface area contributed by atoms with Gasteiger partial charge in [0.05, 0.1) is 7.11 Å². The molecule has 0 aromatic heterocycles. The lowest BCUT2D eigenvalue weighted by Gasteiger charge is -2.26. The SMILES string of the molecule is COc1c(CCC(Br)C(C)(C)C)ccc(C)c1C. The van der Waals surface area contributed by atoms with Gasteiger partial charge < -0.3 is 4.74 Å². The standard InChI is InChI=1S/C16H25BrO/c1-11-7-8-13(15(18-6)12(11)2)9-10-14(17)16(3,4)5/h7-8,14H,9-10H2,1-6H3. The van der Waals surface area contributed by atoms with Gasteiger partial charge in [-0.1, -0.05) is 48.8 Å². The van der Waals surface area contributed by atoms with Crippen LogP contribution < -0.4 is 4.74 Å². The summed E-state index contributed by atoms with van der Waals surface area (Å²) in [4.78, 5) is 0.524. The van der Waals surface area contributed by atoms with Crippen LogP contribution >= 0.6 is 15.9 Å². The summed E-state index contributed by atoms with van der Waals surface area (Å²) in [6.45, 7) is 11.1. The molecule has 0 amide bonds. The molecule has 0 heterocycles. The molecule has 1 atom stereocenters. The Morgan fingerprint density at radius 1 is 1.22 bits per heavy atom. The largest absolute Gasteiger partial charge is 0.496 e. The van der Waals surface area contributed by atoms with Crippen molar-refractivity contribution in [2.75, 3.05) is 7.11 Å². The monoisotopic (exact) mass is 312 g/mol. The van der Waals surface area contributed by atoms with Crippen LogP contribution in [0.2, 0.25) is 0 Å². The predicted octanol–water partition coefficient (Wildman–Crippen LogP) is 5.05. The number of aryl methyl sites for hydroxylation is 2. The molecule has 0 N–H and O–H groups in total. The number of ether oxygens (including phenoxy) is 1. The van der Waals surface area contributed by atoms with E-state index in [1.54, 1.807) is 7.11 Å². The Kier molecular flexibility index (Phi) is 5.27. The van der Waals surface area contributed by atoms with Crippen molar-refractivity contribution in [1.82, 2.24) is 0 Å². The van der Waals surface area contributed by atoms with Crippen LogP contribution in [0.3, 0.4) is 0 Å². The zero-order valence-corrected chi connectivity index (χ0v) is 14.0. The van der Waals surface area contributed by atoms with E-state index in [-0.39, 0.29) is 0 Å². The second-order valence-corrected chi connectivity index (χ2v) is 7.18. The van der Waals surface area contributed by atoms with Crippen molar-refractivity contribution in [2.24, 2.45) is 5.41 Å². The highest BCUT2D eigenvalue weighted by molar-refractivity contribution is 9.09. The van der Waals surface area contributed by atoms with Gasteiger partial charge in [0.25, 0.3) is 0 Å². The summed E-state index contributed by atoms with van der Waals surface area (Å²) in [7, 11) is 1.76. The quantitative estimate of drug-likeness (QED) is 0.706. The minimum atomic E-state index is 0.299. The van der Waals surface area contributed by atoms with Gasteiger partial charge in [0.1, 0.15) is 5.75 Å². The molecule has 18 heavy (non-hydrogen) atoms. The Hall–Kier alpha value is -0.500. The lowest BCUT2D eigenvalue weighted by molar-refractivity contribution is 0.379. The average Bonchev–Trinajstić information content (AvgIpc) is 2.29. The van der Waals surface area contributed by atoms with E-state index < -0.39 is 0 Å². The molecular formula is C16H25BrO. The summed E-state index contributed by atoms with van der Waals surface area (Å²) < 4.78 is 5.56. The van der Waals surface area contributed by atoms with Crippen molar-refractivity contribution < 1.29 is 4.74 Å². The van der Waals surface area contributed by atoms with Gasteiger partial charge in [0, 0.05) is 4.83 Å². The first-order valence-electron chi connectivity index (χ1n) is 6.54. The molecule has 1 unspecified atom stereocenters. The summed E-state index contributed by atoms with van der Waals surface area (Å²) in [5.41, 5.74) is 4.17. The van der Waals surface area contributed by atoms with Crippen molar-refractivity contribution >= 4 is 15.9 Å². The second-order valence-electron chi connectivity index (χ2n) is 6.07. The molecule has 1 aromatic rings. The van der Waals surface area contributed by atoms with Crippen LogP contribution in [-0.2, 0) is 6.42 Å². The number of rotatable bonds is 4. The molecule has 0 spiro atoms. The summed E-state index contributed by atoms with van der Waals surface area (Å²) in [5, 5.41) is 0. The van der Waals surface area contributed by atoms with Crippen molar-refractivity contribution in [2.45, 2.75) is 52.3 Å². The molecule has 0 saturated carbocycles. The predicted molar refractivity (Wildman–Crippen MR) is 83.0 cm³/mol. The number of hydrogen-bond donors (Lipinski definition) is 0. The molecule has 0 fully saturated rings. The van der Waals surface area contributed by atoms with Gasteiger partial charge in [0.2, 0.25) is 0 Å². The van der Waals surface area contributed by atoms with Gasteiger partial charge in [-0.25, -0.2) is 0 Å². The lowest BCUT2D eigenvalue weighted by atomic mass is 9.88. The Bertz CT molecular complexity index is 404. The molecule has 1 aromatic carbocycles. The Balaban J connectivity index is 2.83. The molecule has 0 saturated heterocycles. The zero-order valence-electron chi connectivity index (χ0n) is 12.4. The zero-order chi connectivity index (χ0) is 13.9. The van der Waals surface area contributed by atoms with Crippen molar-refractivity contribution in [3.8, 4) is 5.75 Å². The fourth-order valence-corrected chi connectivity index (χ4v) is 2.27. The number of hydrogen-bond acceptors (Lipinski definition) is 1. The normalized spacial score (nSPS) is 13.5. The van der Waals surface area contributed by atoms with E-state index in [9.17, 15) is 0 Å². The molecule has 0 radical (unpaired) electrons. The summed E-state index contributed by atoms with van der Waals surface area (Å²) >= 11 is 3.79. The smallest absolute Gasteiger partial charge is 0.125 e. The van der Waals surface area contributed by atoms with E-state index in [4.69, 9.17) is 4.74 Å². The van der Waals surface area contributed by atoms with Gasteiger partial charge in [-0.05, 0) is 48.8 Å². The highest BCUT2D eigenvalue weighted by Crippen LogP contribution is 2.32. The molecule has 0 aliphatic rings. The van der Waals surface area contributed by atoms with Crippen LogP contribution in [0.25, 0.3) is 0 Å². The third-order valence-electron chi connectivity index (χ3n) is 3.57. The molecule has 102 valence electrons. The van der Waals surface area contributed by atoms with Crippen molar-refractivity contribution in [1.29, 1.82) is 0 Å². The fraction of sp³-hybridized carbons (Fsp3) is 0.625. The molecule has 0 aliphatic heterocycles. The molecule has 0 aliphatic carbocycles. The van der Waals surface area contributed by atoms with Crippen molar-refractivity contribution in [3.05, 3.63) is 28.8 Å². The minimum absolute atomic E-state index is 0.299. The maximum absolute atomic E-state index is 5.56. The Morgan fingerprint density at radius 3 is 2.33 bits per heavy atom. The lowest BCUT2D eigenvalue weighted by Crippen LogP contribution is -2.20. The van der Waals surface area contributed by atoms with Gasteiger partial charge in [-0.3, -0.25) is 0 Å².